The van der Waals surface area contributed by atoms with Gasteiger partial charge in [-0.2, -0.15) is 0 Å². The Bertz CT molecular complexity index is 504. The highest BCUT2D eigenvalue weighted by Crippen LogP contribution is 2.19. The Labute approximate surface area is 144 Å². The van der Waals surface area contributed by atoms with Gasteiger partial charge in [-0.05, 0) is 44.8 Å². The molecule has 1 atom stereocenters. The van der Waals surface area contributed by atoms with Gasteiger partial charge in [-0.25, -0.2) is 4.39 Å². The molecule has 1 aliphatic rings. The van der Waals surface area contributed by atoms with Crippen molar-refractivity contribution in [1.29, 1.82) is 0 Å². The van der Waals surface area contributed by atoms with Crippen LogP contribution >= 0.6 is 12.4 Å². The van der Waals surface area contributed by atoms with E-state index in [0.717, 1.165) is 25.9 Å². The monoisotopic (exact) mass is 343 g/mol. The number of carbonyl (C=O) groups is 1. The summed E-state index contributed by atoms with van der Waals surface area (Å²) in [7, 11) is 1.73. The molecule has 0 radical (unpaired) electrons. The number of likely N-dealkylation sites (N-methyl/N-ethyl adjacent to an activating group) is 1. The van der Waals surface area contributed by atoms with E-state index in [1.54, 1.807) is 30.1 Å². The summed E-state index contributed by atoms with van der Waals surface area (Å²) in [6.45, 7) is 4.57. The SMILES string of the molecule is CC(N)C1CCN(CC(=O)N(C)Cc2ccccc2F)CC1.Cl. The van der Waals surface area contributed by atoms with Crippen molar-refractivity contribution >= 4 is 18.3 Å². The van der Waals surface area contributed by atoms with Crippen LogP contribution in [-0.2, 0) is 11.3 Å². The fraction of sp³-hybridized carbons (Fsp3) is 0.588. The van der Waals surface area contributed by atoms with Crippen molar-refractivity contribution in [3.63, 3.8) is 0 Å². The van der Waals surface area contributed by atoms with Crippen LogP contribution in [0.15, 0.2) is 24.3 Å². The van der Waals surface area contributed by atoms with Crippen molar-refractivity contribution in [3.8, 4) is 0 Å². The average molecular weight is 344 g/mol. The molecule has 1 aliphatic heterocycles. The van der Waals surface area contributed by atoms with Crippen molar-refractivity contribution < 1.29 is 9.18 Å². The molecule has 0 aliphatic carbocycles. The largest absolute Gasteiger partial charge is 0.340 e. The third kappa shape index (κ3) is 5.75. The lowest BCUT2D eigenvalue weighted by Crippen LogP contribution is -2.44. The second kappa shape index (κ2) is 9.21. The molecule has 23 heavy (non-hydrogen) atoms. The average Bonchev–Trinajstić information content (AvgIpc) is 2.50. The second-order valence-corrected chi connectivity index (χ2v) is 6.31. The first-order valence-electron chi connectivity index (χ1n) is 7.92. The van der Waals surface area contributed by atoms with Gasteiger partial charge < -0.3 is 10.6 Å². The van der Waals surface area contributed by atoms with Crippen LogP contribution < -0.4 is 5.73 Å². The summed E-state index contributed by atoms with van der Waals surface area (Å²) in [5, 5.41) is 0. The topological polar surface area (TPSA) is 49.6 Å². The maximum absolute atomic E-state index is 13.6. The Hall–Kier alpha value is -1.17. The normalized spacial score (nSPS) is 17.4. The third-order valence-corrected chi connectivity index (χ3v) is 4.53. The van der Waals surface area contributed by atoms with Gasteiger partial charge in [0.15, 0.2) is 0 Å². The number of likely N-dealkylation sites (tertiary alicyclic amines) is 1. The van der Waals surface area contributed by atoms with Gasteiger partial charge in [-0.3, -0.25) is 9.69 Å². The summed E-state index contributed by atoms with van der Waals surface area (Å²) in [6.07, 6.45) is 2.09. The molecule has 2 rings (SSSR count). The zero-order valence-electron chi connectivity index (χ0n) is 13.9. The van der Waals surface area contributed by atoms with E-state index in [2.05, 4.69) is 4.90 Å². The lowest BCUT2D eigenvalue weighted by molar-refractivity contribution is -0.132. The molecule has 1 saturated heterocycles. The Morgan fingerprint density at radius 1 is 1.39 bits per heavy atom. The molecule has 1 amide bonds. The molecule has 1 heterocycles. The Morgan fingerprint density at radius 2 is 2.00 bits per heavy atom. The van der Waals surface area contributed by atoms with Gasteiger partial charge in [-0.1, -0.05) is 18.2 Å². The van der Waals surface area contributed by atoms with Crippen LogP contribution in [0.4, 0.5) is 4.39 Å². The fourth-order valence-corrected chi connectivity index (χ4v) is 2.92. The van der Waals surface area contributed by atoms with Crippen LogP contribution in [0, 0.1) is 11.7 Å². The highest BCUT2D eigenvalue weighted by atomic mass is 35.5. The molecular weight excluding hydrogens is 317 g/mol. The zero-order valence-corrected chi connectivity index (χ0v) is 14.7. The van der Waals surface area contributed by atoms with Crippen LogP contribution in [0.3, 0.4) is 0 Å². The minimum atomic E-state index is -0.264. The molecule has 0 aromatic heterocycles. The zero-order chi connectivity index (χ0) is 16.1. The maximum atomic E-state index is 13.6. The smallest absolute Gasteiger partial charge is 0.236 e. The highest BCUT2D eigenvalue weighted by molar-refractivity contribution is 5.85. The minimum absolute atomic E-state index is 0. The second-order valence-electron chi connectivity index (χ2n) is 6.31. The first kappa shape index (κ1) is 19.9. The van der Waals surface area contributed by atoms with E-state index in [9.17, 15) is 9.18 Å². The number of nitrogens with two attached hydrogens (primary N) is 1. The fourth-order valence-electron chi connectivity index (χ4n) is 2.92. The molecule has 1 aromatic carbocycles. The standard InChI is InChI=1S/C17H26FN3O.ClH/c1-13(19)14-7-9-21(10-8-14)12-17(22)20(2)11-15-5-3-4-6-16(15)18;/h3-6,13-14H,7-12,19H2,1-2H3;1H. The summed E-state index contributed by atoms with van der Waals surface area (Å²) in [5.41, 5.74) is 6.48. The highest BCUT2D eigenvalue weighted by Gasteiger charge is 2.24. The van der Waals surface area contributed by atoms with Crippen molar-refractivity contribution in [3.05, 3.63) is 35.6 Å². The van der Waals surface area contributed by atoms with Gasteiger partial charge in [0.1, 0.15) is 5.82 Å². The number of carbonyl (C=O) groups excluding carboxylic acids is 1. The molecule has 2 N–H and O–H groups in total. The van der Waals surface area contributed by atoms with Crippen molar-refractivity contribution in [2.45, 2.75) is 32.4 Å². The van der Waals surface area contributed by atoms with Crippen molar-refractivity contribution in [1.82, 2.24) is 9.80 Å². The van der Waals surface area contributed by atoms with E-state index in [1.807, 2.05) is 6.92 Å². The Balaban J connectivity index is 0.00000264. The number of benzene rings is 1. The van der Waals surface area contributed by atoms with Crippen LogP contribution in [0.2, 0.25) is 0 Å². The molecule has 1 unspecified atom stereocenters. The van der Waals surface area contributed by atoms with E-state index in [-0.39, 0.29) is 30.2 Å². The lowest BCUT2D eigenvalue weighted by atomic mass is 9.91. The molecular formula is C17H27ClFN3O. The molecule has 1 fully saturated rings. The van der Waals surface area contributed by atoms with Gasteiger partial charge >= 0.3 is 0 Å². The maximum Gasteiger partial charge on any atom is 0.236 e. The van der Waals surface area contributed by atoms with E-state index >= 15 is 0 Å². The molecule has 0 saturated carbocycles. The van der Waals surface area contributed by atoms with E-state index in [1.165, 1.54) is 6.07 Å². The van der Waals surface area contributed by atoms with Crippen molar-refractivity contribution in [2.24, 2.45) is 11.7 Å². The molecule has 6 heteroatoms. The summed E-state index contributed by atoms with van der Waals surface area (Å²) in [6, 6.07) is 6.81. The Morgan fingerprint density at radius 3 is 2.57 bits per heavy atom. The van der Waals surface area contributed by atoms with Crippen molar-refractivity contribution in [2.75, 3.05) is 26.7 Å². The van der Waals surface area contributed by atoms with Gasteiger partial charge in [-0.15, -0.1) is 12.4 Å². The number of halogens is 2. The van der Waals surface area contributed by atoms with Crippen LogP contribution in [0.1, 0.15) is 25.3 Å². The first-order chi connectivity index (χ1) is 10.5. The van der Waals surface area contributed by atoms with Gasteiger partial charge in [0.2, 0.25) is 5.91 Å². The van der Waals surface area contributed by atoms with E-state index in [4.69, 9.17) is 5.73 Å². The number of piperidine rings is 1. The van der Waals surface area contributed by atoms with Gasteiger partial charge in [0, 0.05) is 25.2 Å². The van der Waals surface area contributed by atoms with Crippen LogP contribution in [-0.4, -0.2) is 48.4 Å². The number of amides is 1. The number of hydrogen-bond donors (Lipinski definition) is 1. The first-order valence-corrected chi connectivity index (χ1v) is 7.92. The van der Waals surface area contributed by atoms with Gasteiger partial charge in [0.05, 0.1) is 6.54 Å². The quantitative estimate of drug-likeness (QED) is 0.892. The Kier molecular flexibility index (Phi) is 7.95. The number of hydrogen-bond acceptors (Lipinski definition) is 3. The third-order valence-electron chi connectivity index (χ3n) is 4.53. The van der Waals surface area contributed by atoms with Gasteiger partial charge in [0.25, 0.3) is 0 Å². The summed E-state index contributed by atoms with van der Waals surface area (Å²) >= 11 is 0. The molecule has 1 aromatic rings. The summed E-state index contributed by atoms with van der Waals surface area (Å²) in [4.78, 5) is 16.0. The van der Waals surface area contributed by atoms with E-state index in [0.29, 0.717) is 24.6 Å². The van der Waals surface area contributed by atoms with Crippen LogP contribution in [0.25, 0.3) is 0 Å². The summed E-state index contributed by atoms with van der Waals surface area (Å²) in [5.74, 6) is 0.324. The van der Waals surface area contributed by atoms with E-state index < -0.39 is 0 Å². The number of rotatable bonds is 5. The van der Waals surface area contributed by atoms with Crippen LogP contribution in [0.5, 0.6) is 0 Å². The molecule has 4 nitrogen and oxygen atoms in total. The lowest BCUT2D eigenvalue weighted by Gasteiger charge is -2.34. The molecule has 130 valence electrons. The molecule has 0 bridgehead atoms. The minimum Gasteiger partial charge on any atom is -0.340 e. The predicted molar refractivity (Wildman–Crippen MR) is 92.9 cm³/mol. The number of nitrogens with zero attached hydrogens (tertiary/aromatic N) is 2. The summed E-state index contributed by atoms with van der Waals surface area (Å²) < 4.78 is 13.6. The predicted octanol–water partition coefficient (Wildman–Crippen LogP) is 2.27. The molecule has 0 spiro atoms.